The van der Waals surface area contributed by atoms with Crippen LogP contribution in [-0.2, 0) is 11.3 Å². The third kappa shape index (κ3) is 6.61. The Bertz CT molecular complexity index is 770. The van der Waals surface area contributed by atoms with Crippen LogP contribution in [0.4, 0.5) is 10.5 Å². The van der Waals surface area contributed by atoms with Crippen LogP contribution in [0.2, 0.25) is 0 Å². The summed E-state index contributed by atoms with van der Waals surface area (Å²) in [6.45, 7) is 0.721. The Morgan fingerprint density at radius 1 is 1.28 bits per heavy atom. The van der Waals surface area contributed by atoms with Crippen LogP contribution in [0.1, 0.15) is 17.5 Å². The molecule has 0 saturated heterocycles. The number of nitrogens with one attached hydrogen (secondary N) is 1. The second kappa shape index (κ2) is 10.1. The van der Waals surface area contributed by atoms with Crippen molar-refractivity contribution in [3.05, 3.63) is 65.7 Å². The summed E-state index contributed by atoms with van der Waals surface area (Å²) in [6, 6.07) is 15.0. The standard InChI is InChI=1S/C19H19N3O2S/c20-14-25-17-9-10-18(21)16(12-17)8-4-5-11-22-19(23)24-13-15-6-2-1-3-7-15/h1-4,6-10,12H,5,11,13,21H2,(H,22,23). The van der Waals surface area contributed by atoms with E-state index in [-0.39, 0.29) is 6.61 Å². The molecule has 0 radical (unpaired) electrons. The molecule has 0 saturated carbocycles. The molecule has 1 amide bonds. The highest BCUT2D eigenvalue weighted by Gasteiger charge is 2.01. The van der Waals surface area contributed by atoms with Gasteiger partial charge in [0.1, 0.15) is 12.0 Å². The summed E-state index contributed by atoms with van der Waals surface area (Å²) in [4.78, 5) is 12.5. The Labute approximate surface area is 151 Å². The number of alkyl carbamates (subject to hydrolysis) is 1. The number of hydrogen-bond donors (Lipinski definition) is 2. The third-order valence-corrected chi connectivity index (χ3v) is 3.89. The van der Waals surface area contributed by atoms with E-state index >= 15 is 0 Å². The lowest BCUT2D eigenvalue weighted by molar-refractivity contribution is 0.140. The molecule has 0 aliphatic heterocycles. The predicted octanol–water partition coefficient (Wildman–Crippen LogP) is 4.17. The van der Waals surface area contributed by atoms with Gasteiger partial charge in [-0.1, -0.05) is 42.5 Å². The number of benzene rings is 2. The average molecular weight is 353 g/mol. The van der Waals surface area contributed by atoms with Crippen molar-refractivity contribution >= 4 is 29.6 Å². The molecule has 25 heavy (non-hydrogen) atoms. The van der Waals surface area contributed by atoms with Crippen LogP contribution in [-0.4, -0.2) is 12.6 Å². The Balaban J connectivity index is 1.72. The van der Waals surface area contributed by atoms with E-state index in [2.05, 4.69) is 5.32 Å². The first-order valence-electron chi connectivity index (χ1n) is 7.75. The van der Waals surface area contributed by atoms with Crippen LogP contribution < -0.4 is 11.1 Å². The molecule has 3 N–H and O–H groups in total. The number of carbonyl (C=O) groups is 1. The minimum atomic E-state index is -0.441. The van der Waals surface area contributed by atoms with Crippen molar-refractivity contribution in [3.63, 3.8) is 0 Å². The van der Waals surface area contributed by atoms with Crippen molar-refractivity contribution < 1.29 is 9.53 Å². The van der Waals surface area contributed by atoms with Crippen LogP contribution >= 0.6 is 11.8 Å². The molecule has 0 bridgehead atoms. The third-order valence-electron chi connectivity index (χ3n) is 3.31. The maximum Gasteiger partial charge on any atom is 0.407 e. The Kier molecular flexibility index (Phi) is 7.41. The van der Waals surface area contributed by atoms with E-state index in [4.69, 9.17) is 15.7 Å². The van der Waals surface area contributed by atoms with Crippen molar-refractivity contribution in [2.45, 2.75) is 17.9 Å². The molecule has 0 spiro atoms. The van der Waals surface area contributed by atoms with Crippen molar-refractivity contribution in [2.75, 3.05) is 12.3 Å². The smallest absolute Gasteiger partial charge is 0.407 e. The van der Waals surface area contributed by atoms with Gasteiger partial charge in [0, 0.05) is 17.1 Å². The largest absolute Gasteiger partial charge is 0.445 e. The van der Waals surface area contributed by atoms with Gasteiger partial charge in [-0.05, 0) is 47.5 Å². The number of nitrogens with two attached hydrogens (primary N) is 1. The number of nitrogens with zero attached hydrogens (tertiary/aromatic N) is 1. The number of anilines is 1. The van der Waals surface area contributed by atoms with E-state index < -0.39 is 6.09 Å². The molecule has 128 valence electrons. The molecule has 2 aromatic carbocycles. The summed E-state index contributed by atoms with van der Waals surface area (Å²) >= 11 is 1.09. The summed E-state index contributed by atoms with van der Waals surface area (Å²) in [7, 11) is 0. The van der Waals surface area contributed by atoms with Gasteiger partial charge in [0.05, 0.1) is 0 Å². The highest BCUT2D eigenvalue weighted by Crippen LogP contribution is 2.23. The lowest BCUT2D eigenvalue weighted by Crippen LogP contribution is -2.24. The van der Waals surface area contributed by atoms with Crippen molar-refractivity contribution in [1.29, 1.82) is 5.26 Å². The zero-order valence-electron chi connectivity index (χ0n) is 13.6. The van der Waals surface area contributed by atoms with E-state index in [0.29, 0.717) is 18.7 Å². The molecular weight excluding hydrogens is 334 g/mol. The van der Waals surface area contributed by atoms with E-state index in [0.717, 1.165) is 27.8 Å². The minimum absolute atomic E-state index is 0.252. The number of nitriles is 1. The number of ether oxygens (including phenoxy) is 1. The number of rotatable bonds is 7. The van der Waals surface area contributed by atoms with Gasteiger partial charge in [-0.2, -0.15) is 5.26 Å². The highest BCUT2D eigenvalue weighted by atomic mass is 32.2. The summed E-state index contributed by atoms with van der Waals surface area (Å²) in [5.41, 5.74) is 8.36. The van der Waals surface area contributed by atoms with Crippen LogP contribution in [0.15, 0.2) is 59.5 Å². The first-order valence-corrected chi connectivity index (χ1v) is 8.57. The van der Waals surface area contributed by atoms with Gasteiger partial charge < -0.3 is 15.8 Å². The van der Waals surface area contributed by atoms with E-state index in [1.807, 2.05) is 60.0 Å². The summed E-state index contributed by atoms with van der Waals surface area (Å²) in [5, 5.41) is 13.4. The van der Waals surface area contributed by atoms with Crippen molar-refractivity contribution in [2.24, 2.45) is 0 Å². The number of nitrogen functional groups attached to an aromatic ring is 1. The van der Waals surface area contributed by atoms with E-state index in [9.17, 15) is 4.79 Å². The Morgan fingerprint density at radius 2 is 2.08 bits per heavy atom. The van der Waals surface area contributed by atoms with Crippen LogP contribution in [0.25, 0.3) is 6.08 Å². The molecule has 5 nitrogen and oxygen atoms in total. The fourth-order valence-electron chi connectivity index (χ4n) is 2.06. The van der Waals surface area contributed by atoms with Gasteiger partial charge in [-0.15, -0.1) is 0 Å². The minimum Gasteiger partial charge on any atom is -0.445 e. The van der Waals surface area contributed by atoms with Crippen LogP contribution in [0.5, 0.6) is 0 Å². The lowest BCUT2D eigenvalue weighted by atomic mass is 10.1. The number of amides is 1. The molecule has 0 unspecified atom stereocenters. The molecule has 0 heterocycles. The Hall–Kier alpha value is -2.91. The SMILES string of the molecule is N#CSc1ccc(N)c(C=CCCNC(=O)OCc2ccccc2)c1. The second-order valence-electron chi connectivity index (χ2n) is 5.16. The number of thiocyanates is 1. The quantitative estimate of drug-likeness (QED) is 0.337. The number of hydrogen-bond acceptors (Lipinski definition) is 5. The number of thioether (sulfide) groups is 1. The molecular formula is C19H19N3O2S. The molecule has 0 aromatic heterocycles. The number of carbonyl (C=O) groups excluding carboxylic acids is 1. The molecule has 0 aliphatic rings. The first kappa shape index (κ1) is 18.4. The van der Waals surface area contributed by atoms with Gasteiger partial charge in [-0.25, -0.2) is 4.79 Å². The summed E-state index contributed by atoms with van der Waals surface area (Å²) < 4.78 is 5.13. The second-order valence-corrected chi connectivity index (χ2v) is 6.02. The van der Waals surface area contributed by atoms with E-state index in [1.54, 1.807) is 6.07 Å². The zero-order valence-corrected chi connectivity index (χ0v) is 14.5. The first-order chi connectivity index (χ1) is 12.2. The maximum absolute atomic E-state index is 11.6. The average Bonchev–Trinajstić information content (AvgIpc) is 2.63. The van der Waals surface area contributed by atoms with Gasteiger partial charge in [0.25, 0.3) is 0 Å². The fraction of sp³-hybridized carbons (Fsp3) is 0.158. The topological polar surface area (TPSA) is 88.1 Å². The molecule has 2 aromatic rings. The van der Waals surface area contributed by atoms with Crippen molar-refractivity contribution in [3.8, 4) is 5.40 Å². The lowest BCUT2D eigenvalue weighted by Gasteiger charge is -2.06. The van der Waals surface area contributed by atoms with Crippen LogP contribution in [0.3, 0.4) is 0 Å². The molecule has 0 atom stereocenters. The van der Waals surface area contributed by atoms with Crippen molar-refractivity contribution in [1.82, 2.24) is 5.32 Å². The molecule has 0 aliphatic carbocycles. The predicted molar refractivity (Wildman–Crippen MR) is 101 cm³/mol. The zero-order chi connectivity index (χ0) is 17.9. The van der Waals surface area contributed by atoms with Gasteiger partial charge >= 0.3 is 6.09 Å². The van der Waals surface area contributed by atoms with Crippen LogP contribution in [0, 0.1) is 10.7 Å². The van der Waals surface area contributed by atoms with Gasteiger partial charge in [0.15, 0.2) is 0 Å². The Morgan fingerprint density at radius 3 is 2.84 bits per heavy atom. The van der Waals surface area contributed by atoms with E-state index in [1.165, 1.54) is 0 Å². The molecule has 6 heteroatoms. The van der Waals surface area contributed by atoms with Gasteiger partial charge in [0.2, 0.25) is 0 Å². The normalized spacial score (nSPS) is 10.4. The summed E-state index contributed by atoms with van der Waals surface area (Å²) in [6.07, 6.45) is 4.01. The maximum atomic E-state index is 11.6. The monoisotopic (exact) mass is 353 g/mol. The molecule has 2 rings (SSSR count). The van der Waals surface area contributed by atoms with Gasteiger partial charge in [-0.3, -0.25) is 0 Å². The fourth-order valence-corrected chi connectivity index (χ4v) is 2.48. The highest BCUT2D eigenvalue weighted by molar-refractivity contribution is 8.03. The summed E-state index contributed by atoms with van der Waals surface area (Å²) in [5.74, 6) is 0. The molecule has 0 fully saturated rings.